The van der Waals surface area contributed by atoms with E-state index in [0.717, 1.165) is 60.7 Å². The number of aromatic nitrogens is 1. The number of benzene rings is 2. The highest BCUT2D eigenvalue weighted by Gasteiger charge is 2.28. The molecule has 1 aliphatic rings. The number of aliphatic carboxylic acids is 1. The second-order valence-corrected chi connectivity index (χ2v) is 10.0. The summed E-state index contributed by atoms with van der Waals surface area (Å²) in [4.78, 5) is 38.1. The predicted molar refractivity (Wildman–Crippen MR) is 144 cm³/mol. The van der Waals surface area contributed by atoms with Gasteiger partial charge in [-0.3, -0.25) is 14.4 Å². The van der Waals surface area contributed by atoms with Gasteiger partial charge in [0.25, 0.3) is 0 Å². The van der Waals surface area contributed by atoms with Gasteiger partial charge in [-0.25, -0.2) is 0 Å². The Balaban J connectivity index is 1.51. The zero-order valence-corrected chi connectivity index (χ0v) is 21.3. The van der Waals surface area contributed by atoms with Gasteiger partial charge in [0.15, 0.2) is 0 Å². The van der Waals surface area contributed by atoms with Gasteiger partial charge >= 0.3 is 5.97 Å². The molecule has 2 aromatic carbocycles. The zero-order chi connectivity index (χ0) is 26.0. The minimum absolute atomic E-state index is 0.220. The molecule has 196 valence electrons. The van der Waals surface area contributed by atoms with Crippen molar-refractivity contribution in [2.24, 2.45) is 5.92 Å². The monoisotopic (exact) mass is 503 g/mol. The van der Waals surface area contributed by atoms with Crippen molar-refractivity contribution < 1.29 is 19.5 Å². The van der Waals surface area contributed by atoms with E-state index in [1.165, 1.54) is 0 Å². The SMILES string of the molecule is O=C(O)C[C@@H](CCCc1ccccc1)C(=O)NC1Cc2cn(c3ccccc23)CCCCCCNC1=O. The Hall–Kier alpha value is -3.61. The van der Waals surface area contributed by atoms with Crippen LogP contribution in [0, 0.1) is 5.92 Å². The number of fused-ring (bicyclic) bond motifs is 5. The number of rotatable bonds is 8. The van der Waals surface area contributed by atoms with Crippen LogP contribution in [0.1, 0.15) is 56.1 Å². The van der Waals surface area contributed by atoms with Crippen LogP contribution in [0.5, 0.6) is 0 Å². The molecule has 2 atom stereocenters. The fourth-order valence-electron chi connectivity index (χ4n) is 5.22. The fourth-order valence-corrected chi connectivity index (χ4v) is 5.22. The molecule has 37 heavy (non-hydrogen) atoms. The van der Waals surface area contributed by atoms with Crippen LogP contribution < -0.4 is 10.6 Å². The highest BCUT2D eigenvalue weighted by molar-refractivity contribution is 5.91. The van der Waals surface area contributed by atoms with Crippen LogP contribution in [0.4, 0.5) is 0 Å². The summed E-state index contributed by atoms with van der Waals surface area (Å²) in [5.74, 6) is -2.30. The normalized spacial score (nSPS) is 17.6. The number of nitrogens with zero attached hydrogens (tertiary/aromatic N) is 1. The average Bonchev–Trinajstić information content (AvgIpc) is 3.24. The summed E-state index contributed by atoms with van der Waals surface area (Å²) in [6, 6.07) is 17.3. The van der Waals surface area contributed by atoms with E-state index < -0.39 is 17.9 Å². The molecule has 7 nitrogen and oxygen atoms in total. The van der Waals surface area contributed by atoms with Gasteiger partial charge in [0.05, 0.1) is 6.42 Å². The Morgan fingerprint density at radius 1 is 1.03 bits per heavy atom. The van der Waals surface area contributed by atoms with E-state index in [4.69, 9.17) is 0 Å². The quantitative estimate of drug-likeness (QED) is 0.422. The minimum atomic E-state index is -1.01. The van der Waals surface area contributed by atoms with E-state index in [2.05, 4.69) is 33.5 Å². The van der Waals surface area contributed by atoms with E-state index in [1.54, 1.807) is 0 Å². The maximum atomic E-state index is 13.3. The molecule has 0 aliphatic carbocycles. The number of para-hydroxylation sites is 1. The lowest BCUT2D eigenvalue weighted by Crippen LogP contribution is -2.50. The summed E-state index contributed by atoms with van der Waals surface area (Å²) in [6.07, 6.45) is 8.21. The van der Waals surface area contributed by atoms with Gasteiger partial charge in [-0.1, -0.05) is 61.4 Å². The number of carbonyl (C=O) groups excluding carboxylic acids is 2. The molecule has 2 heterocycles. The van der Waals surface area contributed by atoms with Crippen LogP contribution in [0.3, 0.4) is 0 Å². The summed E-state index contributed by atoms with van der Waals surface area (Å²) in [6.45, 7) is 1.49. The van der Waals surface area contributed by atoms with E-state index in [9.17, 15) is 19.5 Å². The van der Waals surface area contributed by atoms with E-state index in [1.807, 2.05) is 42.5 Å². The van der Waals surface area contributed by atoms with Crippen LogP contribution in [-0.2, 0) is 33.8 Å². The second kappa shape index (κ2) is 13.1. The van der Waals surface area contributed by atoms with Gasteiger partial charge in [-0.05, 0) is 49.3 Å². The third-order valence-electron chi connectivity index (χ3n) is 7.21. The van der Waals surface area contributed by atoms with Crippen LogP contribution in [-0.4, -0.2) is 40.0 Å². The van der Waals surface area contributed by atoms with Crippen LogP contribution >= 0.6 is 0 Å². The summed E-state index contributed by atoms with van der Waals surface area (Å²) in [5.41, 5.74) is 3.29. The molecule has 2 bridgehead atoms. The predicted octanol–water partition coefficient (Wildman–Crippen LogP) is 4.47. The molecule has 4 rings (SSSR count). The van der Waals surface area contributed by atoms with Gasteiger partial charge in [0, 0.05) is 42.5 Å². The van der Waals surface area contributed by atoms with Crippen LogP contribution in [0.25, 0.3) is 10.9 Å². The van der Waals surface area contributed by atoms with Crippen molar-refractivity contribution in [2.75, 3.05) is 6.54 Å². The van der Waals surface area contributed by atoms with Gasteiger partial charge in [-0.2, -0.15) is 0 Å². The summed E-state index contributed by atoms with van der Waals surface area (Å²) in [5, 5.41) is 16.5. The van der Waals surface area contributed by atoms with Crippen molar-refractivity contribution in [3.63, 3.8) is 0 Å². The van der Waals surface area contributed by atoms with Crippen molar-refractivity contribution in [2.45, 2.75) is 70.4 Å². The summed E-state index contributed by atoms with van der Waals surface area (Å²) in [7, 11) is 0. The van der Waals surface area contributed by atoms with Crippen molar-refractivity contribution >= 4 is 28.7 Å². The molecule has 0 saturated carbocycles. The zero-order valence-electron chi connectivity index (χ0n) is 21.3. The van der Waals surface area contributed by atoms with Crippen molar-refractivity contribution in [1.82, 2.24) is 15.2 Å². The molecule has 1 unspecified atom stereocenters. The summed E-state index contributed by atoms with van der Waals surface area (Å²) >= 11 is 0. The molecule has 3 N–H and O–H groups in total. The number of carboxylic acid groups (broad SMARTS) is 1. The van der Waals surface area contributed by atoms with Gasteiger partial charge in [0.1, 0.15) is 6.04 Å². The van der Waals surface area contributed by atoms with Gasteiger partial charge < -0.3 is 20.3 Å². The van der Waals surface area contributed by atoms with Crippen molar-refractivity contribution in [1.29, 1.82) is 0 Å². The largest absolute Gasteiger partial charge is 0.481 e. The summed E-state index contributed by atoms with van der Waals surface area (Å²) < 4.78 is 2.25. The Morgan fingerprint density at radius 2 is 1.78 bits per heavy atom. The van der Waals surface area contributed by atoms with E-state index >= 15 is 0 Å². The Bertz CT molecular complexity index is 1200. The first-order valence-electron chi connectivity index (χ1n) is 13.4. The molecule has 0 radical (unpaired) electrons. The van der Waals surface area contributed by atoms with Gasteiger partial charge in [0.2, 0.25) is 11.8 Å². The molecule has 0 spiro atoms. The third-order valence-corrected chi connectivity index (χ3v) is 7.21. The Labute approximate surface area is 218 Å². The Kier molecular flexibility index (Phi) is 9.35. The minimum Gasteiger partial charge on any atom is -0.481 e. The molecular formula is C30H37N3O4. The number of amides is 2. The van der Waals surface area contributed by atoms with Gasteiger partial charge in [-0.15, -0.1) is 0 Å². The molecule has 3 aromatic rings. The molecule has 0 saturated heterocycles. The lowest BCUT2D eigenvalue weighted by molar-refractivity contribution is -0.141. The molecule has 7 heteroatoms. The van der Waals surface area contributed by atoms with E-state index in [-0.39, 0.29) is 18.2 Å². The highest BCUT2D eigenvalue weighted by Crippen LogP contribution is 2.24. The molecular weight excluding hydrogens is 466 g/mol. The fraction of sp³-hybridized carbons (Fsp3) is 0.433. The van der Waals surface area contributed by atoms with Crippen molar-refractivity contribution in [3.8, 4) is 0 Å². The van der Waals surface area contributed by atoms with Crippen molar-refractivity contribution in [3.05, 3.63) is 71.9 Å². The Morgan fingerprint density at radius 3 is 2.59 bits per heavy atom. The first-order chi connectivity index (χ1) is 18.0. The molecule has 0 fully saturated rings. The maximum absolute atomic E-state index is 13.3. The standard InChI is InChI=1S/C30H37N3O4/c34-28(35)20-23(14-10-13-22-11-4-3-5-12-22)29(36)32-26-19-24-21-33(27-16-7-6-15-25(24)27)18-9-2-1-8-17-31-30(26)37/h3-7,11-12,15-16,21,23,26H,1-2,8-10,13-14,17-20H2,(H,31,37)(H,32,36)(H,34,35)/t23-,26?/m1/s1. The first kappa shape index (κ1) is 26.5. The number of nitrogens with one attached hydrogen (secondary N) is 2. The third kappa shape index (κ3) is 7.44. The smallest absolute Gasteiger partial charge is 0.304 e. The topological polar surface area (TPSA) is 100 Å². The molecule has 1 aromatic heterocycles. The molecule has 2 amide bonds. The average molecular weight is 504 g/mol. The number of aryl methyl sites for hydroxylation is 2. The lowest BCUT2D eigenvalue weighted by atomic mass is 9.94. The number of hydrogen-bond donors (Lipinski definition) is 3. The number of carboxylic acids is 1. The second-order valence-electron chi connectivity index (χ2n) is 10.0. The molecule has 1 aliphatic heterocycles. The highest BCUT2D eigenvalue weighted by atomic mass is 16.4. The maximum Gasteiger partial charge on any atom is 0.304 e. The van der Waals surface area contributed by atoms with E-state index in [0.29, 0.717) is 25.8 Å². The first-order valence-corrected chi connectivity index (χ1v) is 13.4. The lowest BCUT2D eigenvalue weighted by Gasteiger charge is -2.22. The van der Waals surface area contributed by atoms with Crippen LogP contribution in [0.2, 0.25) is 0 Å². The number of hydrogen-bond acceptors (Lipinski definition) is 3. The van der Waals surface area contributed by atoms with Crippen LogP contribution in [0.15, 0.2) is 60.8 Å². The number of carbonyl (C=O) groups is 3.